The number of Topliss-reactive ketones (excluding diaryl/α,β-unsaturated/α-hetero) is 1. The summed E-state index contributed by atoms with van der Waals surface area (Å²) in [5.41, 5.74) is 3.28. The second-order valence-electron chi connectivity index (χ2n) is 9.22. The topological polar surface area (TPSA) is 53.4 Å². The molecule has 0 amide bonds. The van der Waals surface area contributed by atoms with Crippen molar-refractivity contribution in [1.82, 2.24) is 9.88 Å². The number of rotatable bonds is 6. The molecule has 1 aliphatic heterocycles. The van der Waals surface area contributed by atoms with Gasteiger partial charge in [-0.15, -0.1) is 0 Å². The van der Waals surface area contributed by atoms with Crippen molar-refractivity contribution < 1.29 is 9.90 Å². The van der Waals surface area contributed by atoms with Gasteiger partial charge >= 0.3 is 0 Å². The minimum atomic E-state index is -0.603. The Morgan fingerprint density at radius 1 is 0.935 bits per heavy atom. The number of pyridine rings is 1. The monoisotopic (exact) mass is 412 g/mol. The zero-order chi connectivity index (χ0) is 21.3. The Hall–Kier alpha value is -2.82. The van der Waals surface area contributed by atoms with Crippen LogP contribution in [0.1, 0.15) is 28.8 Å². The van der Waals surface area contributed by atoms with Gasteiger partial charge in [-0.3, -0.25) is 14.7 Å². The number of carbonyl (C=O) groups is 1. The average Bonchev–Trinajstić information content (AvgIpc) is 3.28. The predicted octanol–water partition coefficient (Wildman–Crippen LogP) is 4.25. The fraction of sp³-hybridized carbons (Fsp3) is 0.333. The van der Waals surface area contributed by atoms with Crippen LogP contribution in [0.4, 0.5) is 0 Å². The van der Waals surface area contributed by atoms with Gasteiger partial charge in [-0.2, -0.15) is 0 Å². The first-order valence-corrected chi connectivity index (χ1v) is 11.1. The van der Waals surface area contributed by atoms with E-state index in [1.807, 2.05) is 60.7 Å². The van der Waals surface area contributed by atoms with Gasteiger partial charge in [0, 0.05) is 36.8 Å². The molecule has 5 rings (SSSR count). The smallest absolute Gasteiger partial charge is 0.176 e. The van der Waals surface area contributed by atoms with Gasteiger partial charge in [0.05, 0.1) is 17.8 Å². The highest BCUT2D eigenvalue weighted by atomic mass is 16.3. The van der Waals surface area contributed by atoms with Crippen molar-refractivity contribution in [2.45, 2.75) is 24.9 Å². The van der Waals surface area contributed by atoms with E-state index in [4.69, 9.17) is 0 Å². The second kappa shape index (κ2) is 8.37. The van der Waals surface area contributed by atoms with Crippen molar-refractivity contribution >= 4 is 5.78 Å². The lowest BCUT2D eigenvalue weighted by molar-refractivity contribution is 0.0355. The number of benzene rings is 2. The van der Waals surface area contributed by atoms with Crippen LogP contribution in [0.5, 0.6) is 0 Å². The lowest BCUT2D eigenvalue weighted by atomic mass is 9.91. The van der Waals surface area contributed by atoms with E-state index in [9.17, 15) is 9.90 Å². The normalized spacial score (nSPS) is 25.5. The molecule has 0 unspecified atom stereocenters. The van der Waals surface area contributed by atoms with Crippen LogP contribution in [0.15, 0.2) is 79.0 Å². The molecule has 158 valence electrons. The minimum Gasteiger partial charge on any atom is -0.390 e. The van der Waals surface area contributed by atoms with E-state index < -0.39 is 5.60 Å². The molecule has 1 saturated carbocycles. The van der Waals surface area contributed by atoms with Crippen molar-refractivity contribution in [3.05, 3.63) is 90.1 Å². The Morgan fingerprint density at radius 2 is 1.61 bits per heavy atom. The quantitative estimate of drug-likeness (QED) is 0.615. The van der Waals surface area contributed by atoms with E-state index in [-0.39, 0.29) is 5.78 Å². The molecule has 2 aromatic carbocycles. The summed E-state index contributed by atoms with van der Waals surface area (Å²) in [7, 11) is 0. The first-order valence-electron chi connectivity index (χ1n) is 11.1. The van der Waals surface area contributed by atoms with Crippen LogP contribution in [-0.4, -0.2) is 46.0 Å². The zero-order valence-electron chi connectivity index (χ0n) is 17.7. The van der Waals surface area contributed by atoms with Crippen molar-refractivity contribution in [2.24, 2.45) is 11.8 Å². The van der Waals surface area contributed by atoms with Crippen LogP contribution in [-0.2, 0) is 6.42 Å². The largest absolute Gasteiger partial charge is 0.390 e. The highest BCUT2D eigenvalue weighted by Crippen LogP contribution is 2.45. The number of nitrogens with zero attached hydrogens (tertiary/aromatic N) is 2. The van der Waals surface area contributed by atoms with Gasteiger partial charge in [-0.1, -0.05) is 60.7 Å². The van der Waals surface area contributed by atoms with Crippen LogP contribution < -0.4 is 0 Å². The highest BCUT2D eigenvalue weighted by Gasteiger charge is 2.48. The number of ketones is 1. The Morgan fingerprint density at radius 3 is 2.26 bits per heavy atom. The molecule has 31 heavy (non-hydrogen) atoms. The highest BCUT2D eigenvalue weighted by molar-refractivity contribution is 5.98. The Balaban J connectivity index is 1.16. The molecule has 0 bridgehead atoms. The molecule has 2 aliphatic rings. The maximum Gasteiger partial charge on any atom is 0.176 e. The van der Waals surface area contributed by atoms with Gasteiger partial charge < -0.3 is 5.11 Å². The summed E-state index contributed by atoms with van der Waals surface area (Å²) >= 11 is 0. The SMILES string of the molecule is O=C(CN1C[C@@H]2C[C@](O)(Cc3ccccc3)C[C@@H]2C1)c1ccc(-c2ccccn2)cc1. The lowest BCUT2D eigenvalue weighted by Gasteiger charge is -2.26. The molecular weight excluding hydrogens is 384 g/mol. The van der Waals surface area contributed by atoms with E-state index in [0.717, 1.165) is 49.2 Å². The van der Waals surface area contributed by atoms with Crippen molar-refractivity contribution in [3.63, 3.8) is 0 Å². The summed E-state index contributed by atoms with van der Waals surface area (Å²) in [6, 6.07) is 23.8. The molecule has 1 saturated heterocycles. The standard InChI is InChI=1S/C27H28N2O2/c30-26(22-11-9-21(10-12-22)25-8-4-5-13-28-25)19-29-17-23-15-27(31,16-24(23)18-29)14-20-6-2-1-3-7-20/h1-13,23-24,31H,14-19H2/t23-,24+,27+. The number of fused-ring (bicyclic) bond motifs is 1. The average molecular weight is 413 g/mol. The summed E-state index contributed by atoms with van der Waals surface area (Å²) in [5.74, 6) is 1.12. The van der Waals surface area contributed by atoms with Crippen LogP contribution >= 0.6 is 0 Å². The van der Waals surface area contributed by atoms with E-state index in [1.165, 1.54) is 5.56 Å². The molecule has 4 heteroatoms. The van der Waals surface area contributed by atoms with E-state index in [2.05, 4.69) is 22.0 Å². The second-order valence-corrected chi connectivity index (χ2v) is 9.22. The molecule has 1 N–H and O–H groups in total. The predicted molar refractivity (Wildman–Crippen MR) is 122 cm³/mol. The third-order valence-electron chi connectivity index (χ3n) is 6.85. The molecule has 0 radical (unpaired) electrons. The maximum atomic E-state index is 12.8. The number of aromatic nitrogens is 1. The van der Waals surface area contributed by atoms with Crippen molar-refractivity contribution in [1.29, 1.82) is 0 Å². The summed E-state index contributed by atoms with van der Waals surface area (Å²) in [5, 5.41) is 11.1. The van der Waals surface area contributed by atoms with Crippen LogP contribution in [0.3, 0.4) is 0 Å². The Bertz CT molecular complexity index is 1020. The first kappa shape index (κ1) is 20.1. The van der Waals surface area contributed by atoms with Gasteiger partial charge in [0.2, 0.25) is 0 Å². The molecule has 2 fully saturated rings. The third kappa shape index (κ3) is 4.46. The summed E-state index contributed by atoms with van der Waals surface area (Å²) in [6.45, 7) is 2.26. The minimum absolute atomic E-state index is 0.159. The van der Waals surface area contributed by atoms with Crippen LogP contribution in [0.25, 0.3) is 11.3 Å². The fourth-order valence-corrected chi connectivity index (χ4v) is 5.46. The molecule has 1 aromatic heterocycles. The summed E-state index contributed by atoms with van der Waals surface area (Å²) in [4.78, 5) is 19.5. The number of hydrogen-bond acceptors (Lipinski definition) is 4. The molecule has 1 aliphatic carbocycles. The summed E-state index contributed by atoms with van der Waals surface area (Å²) < 4.78 is 0. The van der Waals surface area contributed by atoms with Gasteiger partial charge in [0.25, 0.3) is 0 Å². The van der Waals surface area contributed by atoms with Gasteiger partial charge in [0.15, 0.2) is 5.78 Å². The molecule has 0 spiro atoms. The van der Waals surface area contributed by atoms with E-state index >= 15 is 0 Å². The van der Waals surface area contributed by atoms with E-state index in [1.54, 1.807) is 6.20 Å². The van der Waals surface area contributed by atoms with Crippen LogP contribution in [0, 0.1) is 11.8 Å². The molecule has 2 heterocycles. The third-order valence-corrected chi connectivity index (χ3v) is 6.85. The Labute approximate surface area is 183 Å². The number of hydrogen-bond donors (Lipinski definition) is 1. The van der Waals surface area contributed by atoms with Crippen molar-refractivity contribution in [3.8, 4) is 11.3 Å². The molecule has 3 aromatic rings. The van der Waals surface area contributed by atoms with Crippen LogP contribution in [0.2, 0.25) is 0 Å². The van der Waals surface area contributed by atoms with Crippen molar-refractivity contribution in [2.75, 3.05) is 19.6 Å². The van der Waals surface area contributed by atoms with Gasteiger partial charge in [-0.25, -0.2) is 0 Å². The molecule has 3 atom stereocenters. The number of carbonyl (C=O) groups excluding carboxylic acids is 1. The lowest BCUT2D eigenvalue weighted by Crippen LogP contribution is -2.34. The number of aliphatic hydroxyl groups is 1. The Kier molecular flexibility index (Phi) is 5.43. The molecular formula is C27H28N2O2. The maximum absolute atomic E-state index is 12.8. The summed E-state index contributed by atoms with van der Waals surface area (Å²) in [6.07, 6.45) is 4.16. The van der Waals surface area contributed by atoms with Gasteiger partial charge in [-0.05, 0) is 42.4 Å². The molecule has 4 nitrogen and oxygen atoms in total. The van der Waals surface area contributed by atoms with E-state index in [0.29, 0.717) is 18.4 Å². The first-order chi connectivity index (χ1) is 15.1. The fourth-order valence-electron chi connectivity index (χ4n) is 5.46. The zero-order valence-corrected chi connectivity index (χ0v) is 17.7. The number of likely N-dealkylation sites (tertiary alicyclic amines) is 1. The van der Waals surface area contributed by atoms with Gasteiger partial charge in [0.1, 0.15) is 0 Å².